The number of hydrogen-bond acceptors (Lipinski definition) is 4. The Morgan fingerprint density at radius 2 is 2.20 bits per heavy atom. The second kappa shape index (κ2) is 9.26. The molecule has 0 spiro atoms. The van der Waals surface area contributed by atoms with Crippen molar-refractivity contribution in [2.24, 2.45) is 5.92 Å². The Labute approximate surface area is 177 Å². The summed E-state index contributed by atoms with van der Waals surface area (Å²) in [5.41, 5.74) is 4.74. The molecule has 0 aliphatic heterocycles. The van der Waals surface area contributed by atoms with Gasteiger partial charge in [0.15, 0.2) is 5.82 Å². The molecule has 0 atom stereocenters. The van der Waals surface area contributed by atoms with Crippen molar-refractivity contribution in [1.29, 1.82) is 0 Å². The lowest BCUT2D eigenvalue weighted by molar-refractivity contribution is 0.102. The summed E-state index contributed by atoms with van der Waals surface area (Å²) in [7, 11) is 0. The molecule has 0 fully saturated rings. The number of pyridine rings is 1. The van der Waals surface area contributed by atoms with Gasteiger partial charge >= 0.3 is 0 Å². The van der Waals surface area contributed by atoms with Crippen molar-refractivity contribution in [2.75, 3.05) is 18.4 Å². The van der Waals surface area contributed by atoms with E-state index in [1.54, 1.807) is 12.4 Å². The Kier molecular flexibility index (Phi) is 6.28. The lowest BCUT2D eigenvalue weighted by Gasteiger charge is -2.08. The number of H-pyrrole nitrogens is 1. The Balaban J connectivity index is 1.42. The Hall–Kier alpha value is -2.93. The van der Waals surface area contributed by atoms with Crippen molar-refractivity contribution in [1.82, 2.24) is 25.1 Å². The lowest BCUT2D eigenvalue weighted by atomic mass is 10.0. The van der Waals surface area contributed by atoms with Gasteiger partial charge in [-0.3, -0.25) is 14.5 Å². The Morgan fingerprint density at radius 1 is 1.30 bits per heavy atom. The number of rotatable bonds is 8. The van der Waals surface area contributed by atoms with Crippen LogP contribution in [-0.2, 0) is 19.4 Å². The van der Waals surface area contributed by atoms with Gasteiger partial charge in [0.1, 0.15) is 0 Å². The van der Waals surface area contributed by atoms with E-state index in [0.717, 1.165) is 62.3 Å². The highest BCUT2D eigenvalue weighted by Crippen LogP contribution is 2.33. The number of amides is 1. The van der Waals surface area contributed by atoms with Gasteiger partial charge < -0.3 is 15.6 Å². The van der Waals surface area contributed by atoms with Crippen LogP contribution < -0.4 is 10.6 Å². The quantitative estimate of drug-likeness (QED) is 0.498. The molecule has 1 amide bonds. The number of nitrogens with zero attached hydrogens (tertiary/aromatic N) is 3. The summed E-state index contributed by atoms with van der Waals surface area (Å²) < 4.78 is 1.88. The molecular weight excluding hydrogens is 376 g/mol. The molecule has 0 aromatic carbocycles. The maximum absolute atomic E-state index is 13.0. The van der Waals surface area contributed by atoms with Crippen molar-refractivity contribution >= 4 is 11.7 Å². The summed E-state index contributed by atoms with van der Waals surface area (Å²) in [5.74, 6) is 1.07. The summed E-state index contributed by atoms with van der Waals surface area (Å²) in [6, 6.07) is 5.90. The third-order valence-electron chi connectivity index (χ3n) is 5.38. The summed E-state index contributed by atoms with van der Waals surface area (Å²) in [4.78, 5) is 20.9. The van der Waals surface area contributed by atoms with Gasteiger partial charge in [-0.25, -0.2) is 0 Å². The molecule has 1 aliphatic rings. The van der Waals surface area contributed by atoms with E-state index in [0.29, 0.717) is 17.3 Å². The van der Waals surface area contributed by atoms with Gasteiger partial charge in [-0.15, -0.1) is 0 Å². The van der Waals surface area contributed by atoms with E-state index >= 15 is 0 Å². The second-order valence-corrected chi connectivity index (χ2v) is 8.29. The number of aromatic amines is 1. The molecule has 3 aromatic rings. The Morgan fingerprint density at radius 3 is 3.07 bits per heavy atom. The fourth-order valence-electron chi connectivity index (χ4n) is 3.93. The monoisotopic (exact) mass is 406 g/mol. The number of carbonyl (C=O) groups excluding carboxylic acids is 1. The number of nitrogens with one attached hydrogen (secondary N) is 3. The predicted octanol–water partition coefficient (Wildman–Crippen LogP) is 3.65. The van der Waals surface area contributed by atoms with E-state index in [2.05, 4.69) is 45.6 Å². The highest BCUT2D eigenvalue weighted by atomic mass is 16.1. The Bertz CT molecular complexity index is 1000. The van der Waals surface area contributed by atoms with Crippen LogP contribution in [0, 0.1) is 5.92 Å². The van der Waals surface area contributed by atoms with Gasteiger partial charge in [-0.2, -0.15) is 5.10 Å². The number of anilines is 1. The van der Waals surface area contributed by atoms with Crippen LogP contribution in [0.3, 0.4) is 0 Å². The van der Waals surface area contributed by atoms with Crippen LogP contribution in [0.1, 0.15) is 48.3 Å². The molecule has 7 heteroatoms. The predicted molar refractivity (Wildman–Crippen MR) is 119 cm³/mol. The molecule has 30 heavy (non-hydrogen) atoms. The van der Waals surface area contributed by atoms with E-state index in [9.17, 15) is 4.79 Å². The molecule has 0 radical (unpaired) electrons. The highest BCUT2D eigenvalue weighted by molar-refractivity contribution is 6.08. The first-order valence-corrected chi connectivity index (χ1v) is 10.8. The number of hydrogen-bond donors (Lipinski definition) is 3. The van der Waals surface area contributed by atoms with E-state index in [1.807, 2.05) is 23.0 Å². The lowest BCUT2D eigenvalue weighted by Crippen LogP contribution is -2.21. The SMILES string of the molecule is CC(C)CNCCCn1ccc(NC(=O)c2c[nH]c3c2-c2ncccc2CCC3)n1. The molecule has 1 aliphatic carbocycles. The first kappa shape index (κ1) is 20.3. The van der Waals surface area contributed by atoms with Crippen molar-refractivity contribution in [3.63, 3.8) is 0 Å². The topological polar surface area (TPSA) is 87.6 Å². The maximum atomic E-state index is 13.0. The molecule has 3 N–H and O–H groups in total. The molecule has 158 valence electrons. The average Bonchev–Trinajstić information content (AvgIpc) is 3.30. The molecule has 4 rings (SSSR count). The molecule has 0 unspecified atom stereocenters. The van der Waals surface area contributed by atoms with Crippen LogP contribution in [0.15, 0.2) is 36.8 Å². The van der Waals surface area contributed by atoms with Crippen molar-refractivity contribution in [2.45, 2.75) is 46.1 Å². The molecule has 0 bridgehead atoms. The minimum absolute atomic E-state index is 0.158. The normalized spacial score (nSPS) is 13.0. The first-order valence-electron chi connectivity index (χ1n) is 10.8. The van der Waals surface area contributed by atoms with Crippen molar-refractivity contribution in [3.8, 4) is 11.3 Å². The summed E-state index contributed by atoms with van der Waals surface area (Å²) in [5, 5.41) is 10.9. The van der Waals surface area contributed by atoms with E-state index in [-0.39, 0.29) is 5.91 Å². The van der Waals surface area contributed by atoms with Crippen LogP contribution in [0.2, 0.25) is 0 Å². The van der Waals surface area contributed by atoms with Crippen LogP contribution in [0.5, 0.6) is 0 Å². The standard InChI is InChI=1S/C23H30N6O/c1-16(2)14-24-10-5-12-29-13-9-20(28-29)27-23(30)18-15-26-19-8-3-6-17-7-4-11-25-22(17)21(18)19/h4,7,9,11,13,15-16,24,26H,3,5-6,8,10,12,14H2,1-2H3,(H,27,28,30). The molecule has 0 saturated carbocycles. The van der Waals surface area contributed by atoms with E-state index in [4.69, 9.17) is 0 Å². The van der Waals surface area contributed by atoms with Crippen molar-refractivity contribution < 1.29 is 4.79 Å². The van der Waals surface area contributed by atoms with E-state index < -0.39 is 0 Å². The molecular formula is C23H30N6O. The first-order chi connectivity index (χ1) is 14.6. The van der Waals surface area contributed by atoms with Crippen LogP contribution in [0.25, 0.3) is 11.3 Å². The molecule has 0 saturated heterocycles. The zero-order chi connectivity index (χ0) is 20.9. The largest absolute Gasteiger partial charge is 0.364 e. The summed E-state index contributed by atoms with van der Waals surface area (Å²) >= 11 is 0. The fraction of sp³-hybridized carbons (Fsp3) is 0.435. The maximum Gasteiger partial charge on any atom is 0.259 e. The third kappa shape index (κ3) is 4.62. The molecule has 3 aromatic heterocycles. The van der Waals surface area contributed by atoms with E-state index in [1.165, 1.54) is 5.56 Å². The zero-order valence-electron chi connectivity index (χ0n) is 17.7. The highest BCUT2D eigenvalue weighted by Gasteiger charge is 2.24. The van der Waals surface area contributed by atoms with Crippen LogP contribution >= 0.6 is 0 Å². The van der Waals surface area contributed by atoms with Gasteiger partial charge in [0.05, 0.1) is 11.3 Å². The third-order valence-corrected chi connectivity index (χ3v) is 5.38. The number of aryl methyl sites for hydroxylation is 3. The minimum Gasteiger partial charge on any atom is -0.364 e. The second-order valence-electron chi connectivity index (χ2n) is 8.29. The summed E-state index contributed by atoms with van der Waals surface area (Å²) in [6.07, 6.45) is 9.43. The van der Waals surface area contributed by atoms with Crippen LogP contribution in [-0.4, -0.2) is 38.7 Å². The summed E-state index contributed by atoms with van der Waals surface area (Å²) in [6.45, 7) is 7.21. The fourth-order valence-corrected chi connectivity index (χ4v) is 3.93. The number of carbonyl (C=O) groups is 1. The molecule has 7 nitrogen and oxygen atoms in total. The van der Waals surface area contributed by atoms with Gasteiger partial charge in [-0.05, 0) is 56.3 Å². The van der Waals surface area contributed by atoms with Gasteiger partial charge in [0, 0.05) is 42.5 Å². The smallest absolute Gasteiger partial charge is 0.259 e. The van der Waals surface area contributed by atoms with Gasteiger partial charge in [0.25, 0.3) is 5.91 Å². The van der Waals surface area contributed by atoms with Gasteiger partial charge in [-0.1, -0.05) is 19.9 Å². The van der Waals surface area contributed by atoms with Crippen LogP contribution in [0.4, 0.5) is 5.82 Å². The number of fused-ring (bicyclic) bond motifs is 3. The van der Waals surface area contributed by atoms with Crippen molar-refractivity contribution in [3.05, 3.63) is 53.6 Å². The van der Waals surface area contributed by atoms with Gasteiger partial charge in [0.2, 0.25) is 0 Å². The molecule has 3 heterocycles. The average molecular weight is 407 g/mol. The zero-order valence-corrected chi connectivity index (χ0v) is 17.7. The minimum atomic E-state index is -0.158. The number of aromatic nitrogens is 4.